The molecule has 0 saturated carbocycles. The van der Waals surface area contributed by atoms with Crippen molar-refractivity contribution in [3.8, 4) is 0 Å². The minimum atomic E-state index is -3.52. The number of nitrogens with zero attached hydrogens (tertiary/aromatic N) is 1. The molecular weight excluding hydrogens is 392 g/mol. The highest BCUT2D eigenvalue weighted by Gasteiger charge is 2.33. The molecule has 1 atom stereocenters. The van der Waals surface area contributed by atoms with Crippen LogP contribution in [0.1, 0.15) is 39.0 Å². The van der Waals surface area contributed by atoms with E-state index < -0.39 is 15.9 Å². The Kier molecular flexibility index (Phi) is 8.26. The maximum Gasteiger partial charge on any atom is 0.252 e. The molecule has 0 aromatic carbocycles. The molecule has 10 heteroatoms. The number of carbonyl (C=O) groups excluding carboxylic acids is 1. The second-order valence-electron chi connectivity index (χ2n) is 6.21. The molecule has 7 nitrogen and oxygen atoms in total. The number of hydrogen-bond donors (Lipinski definition) is 3. The minimum Gasteiger partial charge on any atom is -0.361 e. The van der Waals surface area contributed by atoms with Crippen molar-refractivity contribution in [2.24, 2.45) is 5.92 Å². The second kappa shape index (κ2) is 10.2. The van der Waals surface area contributed by atoms with Crippen LogP contribution < -0.4 is 16.2 Å². The van der Waals surface area contributed by atoms with Gasteiger partial charge in [0.2, 0.25) is 5.91 Å². The Hall–Kier alpha value is -1.23. The van der Waals surface area contributed by atoms with Gasteiger partial charge in [-0.2, -0.15) is 4.31 Å². The zero-order valence-electron chi connectivity index (χ0n) is 14.9. The highest BCUT2D eigenvalue weighted by Crippen LogP contribution is 2.26. The molecule has 0 unspecified atom stereocenters. The first-order chi connectivity index (χ1) is 12.4. The van der Waals surface area contributed by atoms with E-state index in [0.29, 0.717) is 28.7 Å². The third-order valence-electron chi connectivity index (χ3n) is 4.21. The number of unbranched alkanes of at least 4 members (excludes halogenated alkanes) is 2. The van der Waals surface area contributed by atoms with Gasteiger partial charge < -0.3 is 5.32 Å². The molecule has 146 valence electrons. The van der Waals surface area contributed by atoms with Crippen molar-refractivity contribution < 1.29 is 13.2 Å². The van der Waals surface area contributed by atoms with Crippen LogP contribution in [0.25, 0.3) is 0 Å². The van der Waals surface area contributed by atoms with Gasteiger partial charge in [-0.05, 0) is 42.9 Å². The van der Waals surface area contributed by atoms with Crippen molar-refractivity contribution in [1.29, 1.82) is 0 Å². The maximum absolute atomic E-state index is 12.6. The predicted molar refractivity (Wildman–Crippen MR) is 107 cm³/mol. The summed E-state index contributed by atoms with van der Waals surface area (Å²) < 4.78 is 26.9. The van der Waals surface area contributed by atoms with Gasteiger partial charge >= 0.3 is 0 Å². The molecule has 0 radical (unpaired) electrons. The quantitative estimate of drug-likeness (QED) is 0.356. The van der Waals surface area contributed by atoms with Crippen LogP contribution in [0.3, 0.4) is 0 Å². The lowest BCUT2D eigenvalue weighted by Gasteiger charge is -2.30. The van der Waals surface area contributed by atoms with Crippen molar-refractivity contribution in [1.82, 2.24) is 20.5 Å². The van der Waals surface area contributed by atoms with Crippen molar-refractivity contribution in [3.63, 3.8) is 0 Å². The number of thiophene rings is 1. The summed E-state index contributed by atoms with van der Waals surface area (Å²) in [7, 11) is -3.52. The van der Waals surface area contributed by atoms with Crippen LogP contribution >= 0.6 is 23.6 Å². The summed E-state index contributed by atoms with van der Waals surface area (Å²) in [6, 6.07) is 3.30. The number of amides is 1. The molecule has 1 amide bonds. The summed E-state index contributed by atoms with van der Waals surface area (Å²) in [5.74, 6) is -0.636. The molecule has 1 aliphatic heterocycles. The Morgan fingerprint density at radius 2 is 2.19 bits per heavy atom. The molecule has 1 fully saturated rings. The highest BCUT2D eigenvalue weighted by atomic mass is 32.2. The molecule has 26 heavy (non-hydrogen) atoms. The van der Waals surface area contributed by atoms with Crippen molar-refractivity contribution in [2.45, 2.75) is 43.2 Å². The van der Waals surface area contributed by atoms with Gasteiger partial charge in [0.1, 0.15) is 4.21 Å². The van der Waals surface area contributed by atoms with Crippen molar-refractivity contribution >= 4 is 44.6 Å². The van der Waals surface area contributed by atoms with Crippen LogP contribution in [-0.2, 0) is 14.8 Å². The van der Waals surface area contributed by atoms with E-state index in [4.69, 9.17) is 12.2 Å². The van der Waals surface area contributed by atoms with Crippen molar-refractivity contribution in [2.75, 3.05) is 19.6 Å². The molecule has 1 aromatic heterocycles. The number of piperidine rings is 1. The van der Waals surface area contributed by atoms with E-state index in [9.17, 15) is 13.2 Å². The standard InChI is InChI=1S/C16H26N4O3S3/c1-2-3-4-9-17-16(24)19-18-15(21)13-7-5-10-20(12-13)26(22,23)14-8-6-11-25-14/h6,8,11,13H,2-5,7,9-10,12H2,1H3,(H,18,21)(H2,17,19,24)/t13-/m0/s1. The van der Waals surface area contributed by atoms with Gasteiger partial charge in [0, 0.05) is 19.6 Å². The molecule has 0 spiro atoms. The van der Waals surface area contributed by atoms with Crippen LogP contribution in [0, 0.1) is 5.92 Å². The lowest BCUT2D eigenvalue weighted by molar-refractivity contribution is -0.126. The second-order valence-corrected chi connectivity index (χ2v) is 9.73. The van der Waals surface area contributed by atoms with E-state index >= 15 is 0 Å². The Morgan fingerprint density at radius 3 is 2.88 bits per heavy atom. The fourth-order valence-corrected chi connectivity index (χ4v) is 5.58. The number of rotatable bonds is 7. The Balaban J connectivity index is 1.81. The van der Waals surface area contributed by atoms with E-state index in [1.54, 1.807) is 17.5 Å². The van der Waals surface area contributed by atoms with E-state index in [0.717, 1.165) is 25.8 Å². The highest BCUT2D eigenvalue weighted by molar-refractivity contribution is 7.91. The van der Waals surface area contributed by atoms with Gasteiger partial charge in [-0.3, -0.25) is 15.6 Å². The van der Waals surface area contributed by atoms with Crippen LogP contribution in [0.4, 0.5) is 0 Å². The summed E-state index contributed by atoms with van der Waals surface area (Å²) in [5.41, 5.74) is 5.28. The van der Waals surface area contributed by atoms with Crippen LogP contribution in [0.2, 0.25) is 0 Å². The smallest absolute Gasteiger partial charge is 0.252 e. The fraction of sp³-hybridized carbons (Fsp3) is 0.625. The van der Waals surface area contributed by atoms with Crippen LogP contribution in [0.15, 0.2) is 21.7 Å². The zero-order chi connectivity index (χ0) is 19.0. The summed E-state index contributed by atoms with van der Waals surface area (Å²) >= 11 is 6.31. The average molecular weight is 419 g/mol. The number of hydrazine groups is 1. The lowest BCUT2D eigenvalue weighted by atomic mass is 9.99. The van der Waals surface area contributed by atoms with E-state index in [2.05, 4.69) is 23.1 Å². The number of sulfonamides is 1. The first-order valence-electron chi connectivity index (χ1n) is 8.82. The first-order valence-corrected chi connectivity index (χ1v) is 11.5. The van der Waals surface area contributed by atoms with Crippen molar-refractivity contribution in [3.05, 3.63) is 17.5 Å². The van der Waals surface area contributed by atoms with Gasteiger partial charge in [0.25, 0.3) is 10.0 Å². The Bertz CT molecular complexity index is 692. The third kappa shape index (κ3) is 5.90. The number of carbonyl (C=O) groups is 1. The summed E-state index contributed by atoms with van der Waals surface area (Å²) in [6.07, 6.45) is 4.58. The molecule has 1 aromatic rings. The molecular formula is C16H26N4O3S3. The van der Waals surface area contributed by atoms with Crippen LogP contribution in [-0.4, -0.2) is 43.4 Å². The molecule has 2 rings (SSSR count). The molecule has 1 saturated heterocycles. The van der Waals surface area contributed by atoms with Crippen LogP contribution in [0.5, 0.6) is 0 Å². The maximum atomic E-state index is 12.6. The average Bonchev–Trinajstić information content (AvgIpc) is 3.19. The lowest BCUT2D eigenvalue weighted by Crippen LogP contribution is -2.52. The number of nitrogens with one attached hydrogen (secondary N) is 3. The predicted octanol–water partition coefficient (Wildman–Crippen LogP) is 1.83. The Morgan fingerprint density at radius 1 is 1.38 bits per heavy atom. The van der Waals surface area contributed by atoms with Gasteiger partial charge in [-0.1, -0.05) is 25.8 Å². The normalized spacial score (nSPS) is 18.3. The zero-order valence-corrected chi connectivity index (χ0v) is 17.3. The van der Waals surface area contributed by atoms with Gasteiger partial charge in [0.05, 0.1) is 5.92 Å². The van der Waals surface area contributed by atoms with Gasteiger partial charge in [0.15, 0.2) is 5.11 Å². The molecule has 2 heterocycles. The first kappa shape index (κ1) is 21.1. The van der Waals surface area contributed by atoms with E-state index in [1.165, 1.54) is 15.6 Å². The number of hydrogen-bond acceptors (Lipinski definition) is 5. The minimum absolute atomic E-state index is 0.185. The fourth-order valence-electron chi connectivity index (χ4n) is 2.75. The monoisotopic (exact) mass is 418 g/mol. The third-order valence-corrected chi connectivity index (χ3v) is 7.69. The molecule has 3 N–H and O–H groups in total. The van der Waals surface area contributed by atoms with E-state index in [1.807, 2.05) is 0 Å². The van der Waals surface area contributed by atoms with Gasteiger partial charge in [-0.25, -0.2) is 8.42 Å². The van der Waals surface area contributed by atoms with E-state index in [-0.39, 0.29) is 12.5 Å². The molecule has 1 aliphatic rings. The SMILES string of the molecule is CCCCCNC(=S)NNC(=O)[C@H]1CCCN(S(=O)(=O)c2cccs2)C1. The number of thiocarbonyl (C=S) groups is 1. The summed E-state index contributed by atoms with van der Waals surface area (Å²) in [4.78, 5) is 12.4. The molecule has 0 aliphatic carbocycles. The topological polar surface area (TPSA) is 90.5 Å². The summed E-state index contributed by atoms with van der Waals surface area (Å²) in [5, 5.41) is 5.13. The Labute approximate surface area is 164 Å². The van der Waals surface area contributed by atoms with Gasteiger partial charge in [-0.15, -0.1) is 11.3 Å². The largest absolute Gasteiger partial charge is 0.361 e. The molecule has 0 bridgehead atoms. The summed E-state index contributed by atoms with van der Waals surface area (Å²) in [6.45, 7) is 3.51.